The van der Waals surface area contributed by atoms with Crippen LogP contribution in [0.3, 0.4) is 0 Å². The van der Waals surface area contributed by atoms with Crippen molar-refractivity contribution in [1.82, 2.24) is 0 Å². The van der Waals surface area contributed by atoms with Crippen molar-refractivity contribution < 1.29 is 9.18 Å². The van der Waals surface area contributed by atoms with Crippen molar-refractivity contribution >= 4 is 17.4 Å². The Labute approximate surface area is 130 Å². The van der Waals surface area contributed by atoms with Crippen molar-refractivity contribution in [2.24, 2.45) is 17.8 Å². The van der Waals surface area contributed by atoms with E-state index in [0.29, 0.717) is 5.56 Å². The van der Waals surface area contributed by atoms with Gasteiger partial charge in [0.2, 0.25) is 0 Å². The van der Waals surface area contributed by atoms with Crippen LogP contribution in [-0.4, -0.2) is 5.78 Å². The molecule has 114 valence electrons. The summed E-state index contributed by atoms with van der Waals surface area (Å²) in [6, 6.07) is 4.72. The molecule has 1 aromatic rings. The van der Waals surface area contributed by atoms with E-state index in [4.69, 9.17) is 11.6 Å². The van der Waals surface area contributed by atoms with Crippen molar-refractivity contribution in [2.75, 3.05) is 0 Å². The molecule has 0 amide bonds. The Morgan fingerprint density at radius 3 is 2.71 bits per heavy atom. The van der Waals surface area contributed by atoms with Gasteiger partial charge < -0.3 is 0 Å². The van der Waals surface area contributed by atoms with Gasteiger partial charge in [-0.1, -0.05) is 49.4 Å². The van der Waals surface area contributed by atoms with Crippen LogP contribution in [0.2, 0.25) is 5.02 Å². The summed E-state index contributed by atoms with van der Waals surface area (Å²) < 4.78 is 13.4. The van der Waals surface area contributed by atoms with Crippen LogP contribution in [0.4, 0.5) is 4.39 Å². The SMILES string of the molecule is O=C(Cc1cccc(F)c1Cl)C1CCC2CCCCC2C1. The zero-order chi connectivity index (χ0) is 14.8. The van der Waals surface area contributed by atoms with E-state index in [0.717, 1.165) is 24.7 Å². The molecular formula is C18H22ClFO. The molecule has 0 N–H and O–H groups in total. The van der Waals surface area contributed by atoms with Gasteiger partial charge in [-0.3, -0.25) is 4.79 Å². The second kappa shape index (κ2) is 6.48. The molecule has 0 heterocycles. The van der Waals surface area contributed by atoms with E-state index in [-0.39, 0.29) is 23.1 Å². The molecule has 0 saturated heterocycles. The zero-order valence-electron chi connectivity index (χ0n) is 12.3. The lowest BCUT2D eigenvalue weighted by molar-refractivity contribution is -0.124. The average molecular weight is 309 g/mol. The van der Waals surface area contributed by atoms with Crippen LogP contribution in [0, 0.1) is 23.6 Å². The van der Waals surface area contributed by atoms with Gasteiger partial charge in [0.05, 0.1) is 5.02 Å². The number of halogens is 2. The summed E-state index contributed by atoms with van der Waals surface area (Å²) in [5, 5.41) is 0.109. The lowest BCUT2D eigenvalue weighted by Gasteiger charge is -2.38. The fourth-order valence-corrected chi connectivity index (χ4v) is 4.38. The summed E-state index contributed by atoms with van der Waals surface area (Å²) in [4.78, 5) is 12.5. The molecule has 0 radical (unpaired) electrons. The second-order valence-electron chi connectivity index (χ2n) is 6.67. The van der Waals surface area contributed by atoms with Crippen molar-refractivity contribution in [1.29, 1.82) is 0 Å². The van der Waals surface area contributed by atoms with Gasteiger partial charge in [-0.25, -0.2) is 4.39 Å². The van der Waals surface area contributed by atoms with Crippen LogP contribution in [0.25, 0.3) is 0 Å². The first-order valence-electron chi connectivity index (χ1n) is 8.10. The molecule has 21 heavy (non-hydrogen) atoms. The molecule has 2 aliphatic carbocycles. The lowest BCUT2D eigenvalue weighted by Crippen LogP contribution is -2.31. The van der Waals surface area contributed by atoms with Gasteiger partial charge in [-0.15, -0.1) is 0 Å². The molecule has 0 bridgehead atoms. The first-order chi connectivity index (χ1) is 10.1. The number of Topliss-reactive ketones (excluding diaryl/α,β-unsaturated/α-hetero) is 1. The van der Waals surface area contributed by atoms with Crippen LogP contribution in [-0.2, 0) is 11.2 Å². The highest BCUT2D eigenvalue weighted by Crippen LogP contribution is 2.43. The maximum Gasteiger partial charge on any atom is 0.142 e. The van der Waals surface area contributed by atoms with Gasteiger partial charge in [0, 0.05) is 12.3 Å². The first-order valence-corrected chi connectivity index (χ1v) is 8.48. The highest BCUT2D eigenvalue weighted by atomic mass is 35.5. The van der Waals surface area contributed by atoms with Gasteiger partial charge in [0.15, 0.2) is 0 Å². The minimum absolute atomic E-state index is 0.109. The van der Waals surface area contributed by atoms with E-state index in [1.807, 2.05) is 0 Å². The first kappa shape index (κ1) is 15.0. The number of hydrogen-bond acceptors (Lipinski definition) is 1. The smallest absolute Gasteiger partial charge is 0.142 e. The Bertz CT molecular complexity index is 528. The molecule has 1 nitrogen and oxygen atoms in total. The summed E-state index contributed by atoms with van der Waals surface area (Å²) in [5.74, 6) is 1.55. The van der Waals surface area contributed by atoms with Crippen LogP contribution in [0.5, 0.6) is 0 Å². The van der Waals surface area contributed by atoms with Gasteiger partial charge in [0.25, 0.3) is 0 Å². The average Bonchev–Trinajstić information content (AvgIpc) is 2.51. The highest BCUT2D eigenvalue weighted by molar-refractivity contribution is 6.31. The maximum absolute atomic E-state index is 13.4. The summed E-state index contributed by atoms with van der Waals surface area (Å²) >= 11 is 5.96. The Kier molecular flexibility index (Phi) is 4.63. The predicted octanol–water partition coefficient (Wildman–Crippen LogP) is 5.20. The van der Waals surface area contributed by atoms with Crippen LogP contribution >= 0.6 is 11.6 Å². The van der Waals surface area contributed by atoms with Crippen LogP contribution < -0.4 is 0 Å². The van der Waals surface area contributed by atoms with E-state index in [2.05, 4.69) is 0 Å². The molecule has 3 heteroatoms. The molecule has 2 fully saturated rings. The van der Waals surface area contributed by atoms with Crippen LogP contribution in [0.1, 0.15) is 50.5 Å². The maximum atomic E-state index is 13.4. The van der Waals surface area contributed by atoms with Crippen molar-refractivity contribution in [3.63, 3.8) is 0 Å². The van der Waals surface area contributed by atoms with Gasteiger partial charge in [0.1, 0.15) is 11.6 Å². The molecule has 2 aliphatic rings. The van der Waals surface area contributed by atoms with Crippen molar-refractivity contribution in [2.45, 2.75) is 51.4 Å². The van der Waals surface area contributed by atoms with Gasteiger partial charge in [-0.05, 0) is 42.7 Å². The number of benzene rings is 1. The quantitative estimate of drug-likeness (QED) is 0.750. The van der Waals surface area contributed by atoms with E-state index in [1.54, 1.807) is 12.1 Å². The normalized spacial score (nSPS) is 29.0. The molecule has 3 unspecified atom stereocenters. The van der Waals surface area contributed by atoms with Crippen LogP contribution in [0.15, 0.2) is 18.2 Å². The number of rotatable bonds is 3. The standard InChI is InChI=1S/C18H22ClFO/c19-18-15(6-3-7-16(18)20)11-17(21)14-9-8-12-4-1-2-5-13(12)10-14/h3,6-7,12-14H,1-2,4-5,8-11H2. The third-order valence-electron chi connectivity index (χ3n) is 5.39. The Hall–Kier alpha value is -0.890. The Morgan fingerprint density at radius 1 is 1.14 bits per heavy atom. The van der Waals surface area contributed by atoms with Gasteiger partial charge >= 0.3 is 0 Å². The second-order valence-corrected chi connectivity index (χ2v) is 7.05. The number of carbonyl (C=O) groups excluding carboxylic acids is 1. The third-order valence-corrected chi connectivity index (χ3v) is 5.81. The molecule has 3 atom stereocenters. The fraction of sp³-hybridized carbons (Fsp3) is 0.611. The fourth-order valence-electron chi connectivity index (χ4n) is 4.18. The molecule has 0 spiro atoms. The summed E-state index contributed by atoms with van der Waals surface area (Å²) in [5.41, 5.74) is 0.632. The molecule has 0 aromatic heterocycles. The highest BCUT2D eigenvalue weighted by Gasteiger charge is 2.34. The van der Waals surface area contributed by atoms with Crippen molar-refractivity contribution in [3.8, 4) is 0 Å². The number of fused-ring (bicyclic) bond motifs is 1. The minimum Gasteiger partial charge on any atom is -0.299 e. The number of hydrogen-bond donors (Lipinski definition) is 0. The summed E-state index contributed by atoms with van der Waals surface area (Å²) in [6.07, 6.45) is 8.83. The Morgan fingerprint density at radius 2 is 1.90 bits per heavy atom. The van der Waals surface area contributed by atoms with E-state index in [9.17, 15) is 9.18 Å². The third kappa shape index (κ3) is 3.31. The largest absolute Gasteiger partial charge is 0.299 e. The topological polar surface area (TPSA) is 17.1 Å². The summed E-state index contributed by atoms with van der Waals surface area (Å²) in [7, 11) is 0. The van der Waals surface area contributed by atoms with E-state index >= 15 is 0 Å². The molecular weight excluding hydrogens is 287 g/mol. The number of ketones is 1. The molecule has 0 aliphatic heterocycles. The van der Waals surface area contributed by atoms with E-state index < -0.39 is 5.82 Å². The molecule has 1 aromatic carbocycles. The van der Waals surface area contributed by atoms with E-state index in [1.165, 1.54) is 38.2 Å². The van der Waals surface area contributed by atoms with Crippen molar-refractivity contribution in [3.05, 3.63) is 34.6 Å². The minimum atomic E-state index is -0.432. The molecule has 3 rings (SSSR count). The zero-order valence-corrected chi connectivity index (χ0v) is 13.0. The lowest BCUT2D eigenvalue weighted by atomic mass is 9.66. The predicted molar refractivity (Wildman–Crippen MR) is 82.9 cm³/mol. The number of carbonyl (C=O) groups is 1. The molecule has 2 saturated carbocycles. The Balaban J connectivity index is 1.64. The van der Waals surface area contributed by atoms with Gasteiger partial charge in [-0.2, -0.15) is 0 Å². The summed E-state index contributed by atoms with van der Waals surface area (Å²) in [6.45, 7) is 0. The monoisotopic (exact) mass is 308 g/mol.